The normalized spacial score (nSPS) is 14.0. The lowest BCUT2D eigenvalue weighted by Crippen LogP contribution is -2.46. The molecule has 1 aliphatic rings. The van der Waals surface area contributed by atoms with Crippen molar-refractivity contribution in [1.29, 1.82) is 0 Å². The average molecular weight is 636 g/mol. The molecule has 1 saturated heterocycles. The van der Waals surface area contributed by atoms with E-state index in [0.717, 1.165) is 41.5 Å². The predicted molar refractivity (Wildman–Crippen MR) is 174 cm³/mol. The van der Waals surface area contributed by atoms with Gasteiger partial charge in [0.1, 0.15) is 0 Å². The Balaban J connectivity index is 1.31. The number of hydrogen-bond acceptors (Lipinski definition) is 6. The van der Waals surface area contributed by atoms with Gasteiger partial charge in [-0.2, -0.15) is 13.2 Å². The largest absolute Gasteiger partial charge is 0.418 e. The summed E-state index contributed by atoms with van der Waals surface area (Å²) in [6.07, 6.45) is 0.656. The van der Waals surface area contributed by atoms with Crippen LogP contribution in [0.25, 0.3) is 10.4 Å². The van der Waals surface area contributed by atoms with Crippen molar-refractivity contribution in [3.8, 4) is 10.4 Å². The van der Waals surface area contributed by atoms with E-state index >= 15 is 0 Å². The first-order chi connectivity index (χ1) is 21.5. The van der Waals surface area contributed by atoms with E-state index in [-0.39, 0.29) is 22.8 Å². The molecule has 2 amide bonds. The summed E-state index contributed by atoms with van der Waals surface area (Å²) in [6, 6.07) is 14.6. The Morgan fingerprint density at radius 1 is 0.889 bits per heavy atom. The number of aryl methyl sites for hydroxylation is 2. The summed E-state index contributed by atoms with van der Waals surface area (Å²) in [5.74, 6) is -0.979. The molecule has 1 fully saturated rings. The molecule has 5 rings (SSSR count). The number of rotatable bonds is 9. The Hall–Kier alpha value is -4.22. The van der Waals surface area contributed by atoms with Crippen molar-refractivity contribution in [1.82, 2.24) is 9.88 Å². The van der Waals surface area contributed by atoms with Gasteiger partial charge < -0.3 is 20.4 Å². The van der Waals surface area contributed by atoms with Crippen LogP contribution >= 0.6 is 11.3 Å². The van der Waals surface area contributed by atoms with Crippen molar-refractivity contribution >= 4 is 40.2 Å². The summed E-state index contributed by atoms with van der Waals surface area (Å²) in [5, 5.41) is 5.45. The molecule has 0 saturated carbocycles. The average Bonchev–Trinajstić information content (AvgIpc) is 3.50. The standard InChI is InChI=1S/C34H36F3N5O2S/c1-4-6-27-10-12-31(45-27)24-17-25(21-38-20-24)33(44)40-29-18-23(8-7-22(29)3)32(43)39-26-9-11-30(28(19-26)34(35,36)37)42-15-13-41(5-2)14-16-42/h7-12,17-21H,4-6,13-16H2,1-3H3,(H,39,43)(H,40,44). The molecule has 0 spiro atoms. The zero-order valence-electron chi connectivity index (χ0n) is 25.5. The molecule has 1 aliphatic heterocycles. The molecular weight excluding hydrogens is 599 g/mol. The van der Waals surface area contributed by atoms with Crippen molar-refractivity contribution in [3.05, 3.63) is 94.1 Å². The van der Waals surface area contributed by atoms with Crippen LogP contribution in [0.3, 0.4) is 0 Å². The molecule has 0 unspecified atom stereocenters. The highest BCUT2D eigenvalue weighted by atomic mass is 32.1. The molecule has 2 aromatic carbocycles. The Labute approximate surface area is 265 Å². The summed E-state index contributed by atoms with van der Waals surface area (Å²) in [5.41, 5.74) is 1.88. The van der Waals surface area contributed by atoms with Crippen LogP contribution < -0.4 is 15.5 Å². The minimum absolute atomic E-state index is 0.0352. The van der Waals surface area contributed by atoms with Gasteiger partial charge >= 0.3 is 6.18 Å². The van der Waals surface area contributed by atoms with Crippen LogP contribution in [0.4, 0.5) is 30.2 Å². The monoisotopic (exact) mass is 635 g/mol. The van der Waals surface area contributed by atoms with E-state index in [2.05, 4.69) is 33.5 Å². The number of nitrogens with zero attached hydrogens (tertiary/aromatic N) is 3. The highest BCUT2D eigenvalue weighted by Gasteiger charge is 2.36. The highest BCUT2D eigenvalue weighted by molar-refractivity contribution is 7.15. The molecule has 45 heavy (non-hydrogen) atoms. The number of benzene rings is 2. The maximum atomic E-state index is 14.1. The van der Waals surface area contributed by atoms with Crippen LogP contribution in [-0.4, -0.2) is 54.4 Å². The quantitative estimate of drug-likeness (QED) is 0.197. The van der Waals surface area contributed by atoms with Crippen LogP contribution in [0.15, 0.2) is 67.0 Å². The number of carbonyl (C=O) groups excluding carboxylic acids is 2. The van der Waals surface area contributed by atoms with Gasteiger partial charge in [-0.1, -0.05) is 26.3 Å². The zero-order chi connectivity index (χ0) is 32.1. The number of thiophene rings is 1. The summed E-state index contributed by atoms with van der Waals surface area (Å²) >= 11 is 1.67. The predicted octanol–water partition coefficient (Wildman–Crippen LogP) is 7.74. The van der Waals surface area contributed by atoms with E-state index in [1.165, 1.54) is 29.3 Å². The second-order valence-corrected chi connectivity index (χ2v) is 12.2. The highest BCUT2D eigenvalue weighted by Crippen LogP contribution is 2.39. The maximum absolute atomic E-state index is 14.1. The summed E-state index contributed by atoms with van der Waals surface area (Å²) < 4.78 is 42.3. The van der Waals surface area contributed by atoms with Crippen LogP contribution in [0.2, 0.25) is 0 Å². The fourth-order valence-corrected chi connectivity index (χ4v) is 6.42. The van der Waals surface area contributed by atoms with E-state index in [1.54, 1.807) is 47.6 Å². The molecule has 0 bridgehead atoms. The van der Waals surface area contributed by atoms with Crippen LogP contribution in [0.1, 0.15) is 57.0 Å². The summed E-state index contributed by atoms with van der Waals surface area (Å²) in [7, 11) is 0. The second-order valence-electron chi connectivity index (χ2n) is 11.1. The van der Waals surface area contributed by atoms with Crippen LogP contribution in [-0.2, 0) is 12.6 Å². The second kappa shape index (κ2) is 13.8. The number of halogens is 3. The number of carbonyl (C=O) groups is 2. The van der Waals surface area contributed by atoms with E-state index in [4.69, 9.17) is 0 Å². The molecular formula is C34H36F3N5O2S. The van der Waals surface area contributed by atoms with E-state index in [1.807, 2.05) is 13.0 Å². The first kappa shape index (κ1) is 32.2. The molecule has 2 aromatic heterocycles. The molecule has 0 radical (unpaired) electrons. The molecule has 2 N–H and O–H groups in total. The number of anilines is 3. The number of nitrogens with one attached hydrogen (secondary N) is 2. The SMILES string of the molecule is CCCc1ccc(-c2cncc(C(=O)Nc3cc(C(=O)Nc4ccc(N5CCN(CC)CC5)c(C(F)(F)F)c4)ccc3C)c2)s1. The van der Waals surface area contributed by atoms with Crippen LogP contribution in [0.5, 0.6) is 0 Å². The van der Waals surface area contributed by atoms with Crippen molar-refractivity contribution < 1.29 is 22.8 Å². The molecule has 3 heterocycles. The fraction of sp³-hybridized carbons (Fsp3) is 0.324. The van der Waals surface area contributed by atoms with E-state index < -0.39 is 17.6 Å². The number of amides is 2. The Morgan fingerprint density at radius 2 is 1.64 bits per heavy atom. The molecule has 4 aromatic rings. The zero-order valence-corrected chi connectivity index (χ0v) is 26.3. The van der Waals surface area contributed by atoms with Gasteiger partial charge in [0.25, 0.3) is 11.8 Å². The van der Waals surface area contributed by atoms with Gasteiger partial charge in [0.2, 0.25) is 0 Å². The minimum Gasteiger partial charge on any atom is -0.368 e. The van der Waals surface area contributed by atoms with Gasteiger partial charge in [0.05, 0.1) is 11.1 Å². The third-order valence-electron chi connectivity index (χ3n) is 7.91. The fourth-order valence-electron chi connectivity index (χ4n) is 5.33. The summed E-state index contributed by atoms with van der Waals surface area (Å²) in [6.45, 7) is 9.18. The Kier molecular flexibility index (Phi) is 9.89. The lowest BCUT2D eigenvalue weighted by atomic mass is 10.1. The summed E-state index contributed by atoms with van der Waals surface area (Å²) in [4.78, 5) is 36.9. The van der Waals surface area contributed by atoms with Crippen molar-refractivity contribution in [3.63, 3.8) is 0 Å². The van der Waals surface area contributed by atoms with E-state index in [0.29, 0.717) is 37.4 Å². The molecule has 0 atom stereocenters. The van der Waals surface area contributed by atoms with Crippen molar-refractivity contribution in [2.75, 3.05) is 48.3 Å². The molecule has 236 valence electrons. The van der Waals surface area contributed by atoms with Crippen LogP contribution in [0, 0.1) is 6.92 Å². The minimum atomic E-state index is -4.59. The number of aromatic nitrogens is 1. The molecule has 11 heteroatoms. The van der Waals surface area contributed by atoms with E-state index in [9.17, 15) is 22.8 Å². The van der Waals surface area contributed by atoms with Gasteiger partial charge in [-0.05, 0) is 74.0 Å². The number of likely N-dealkylation sites (N-methyl/N-ethyl adjacent to an activating group) is 1. The topological polar surface area (TPSA) is 77.6 Å². The molecule has 7 nitrogen and oxygen atoms in total. The van der Waals surface area contributed by atoms with Gasteiger partial charge in [-0.3, -0.25) is 14.6 Å². The van der Waals surface area contributed by atoms with Gasteiger partial charge in [0, 0.05) is 76.5 Å². The number of hydrogen-bond donors (Lipinski definition) is 2. The Morgan fingerprint density at radius 3 is 2.36 bits per heavy atom. The van der Waals surface area contributed by atoms with Crippen molar-refractivity contribution in [2.45, 2.75) is 39.8 Å². The maximum Gasteiger partial charge on any atom is 0.418 e. The first-order valence-electron chi connectivity index (χ1n) is 15.0. The molecule has 0 aliphatic carbocycles. The smallest absolute Gasteiger partial charge is 0.368 e. The number of piperazine rings is 1. The third-order valence-corrected chi connectivity index (χ3v) is 9.11. The Bertz CT molecular complexity index is 1680. The third kappa shape index (κ3) is 7.72. The lowest BCUT2D eigenvalue weighted by molar-refractivity contribution is -0.137. The van der Waals surface area contributed by atoms with Gasteiger partial charge in [0.15, 0.2) is 0 Å². The number of alkyl halides is 3. The number of pyridine rings is 1. The first-order valence-corrected chi connectivity index (χ1v) is 15.8. The van der Waals surface area contributed by atoms with Gasteiger partial charge in [-0.15, -0.1) is 11.3 Å². The van der Waals surface area contributed by atoms with Crippen molar-refractivity contribution in [2.24, 2.45) is 0 Å². The van der Waals surface area contributed by atoms with Gasteiger partial charge in [-0.25, -0.2) is 0 Å². The lowest BCUT2D eigenvalue weighted by Gasteiger charge is -2.36.